The van der Waals surface area contributed by atoms with E-state index in [1.54, 1.807) is 6.08 Å². The van der Waals surface area contributed by atoms with Gasteiger partial charge in [-0.1, -0.05) is 0 Å². The van der Waals surface area contributed by atoms with E-state index in [0.29, 0.717) is 11.3 Å². The van der Waals surface area contributed by atoms with Gasteiger partial charge in [0.1, 0.15) is 34.9 Å². The summed E-state index contributed by atoms with van der Waals surface area (Å²) in [6.07, 6.45) is 7.82. The molecule has 1 aromatic heterocycles. The predicted molar refractivity (Wildman–Crippen MR) is 137 cm³/mol. The molecule has 3 N–H and O–H groups in total. The number of nitriles is 2. The van der Waals surface area contributed by atoms with Crippen LogP contribution < -0.4 is 15.5 Å². The topological polar surface area (TPSA) is 161 Å². The number of allylic oxidation sites excluding steroid dienone is 1. The van der Waals surface area contributed by atoms with E-state index in [-0.39, 0.29) is 46.4 Å². The molecule has 36 heavy (non-hydrogen) atoms. The first kappa shape index (κ1) is 25.0. The van der Waals surface area contributed by atoms with E-state index in [1.165, 1.54) is 10.7 Å². The largest absolute Gasteiger partial charge is 0.394 e. The zero-order valence-corrected chi connectivity index (χ0v) is 20.2. The van der Waals surface area contributed by atoms with Gasteiger partial charge >= 0.3 is 0 Å². The van der Waals surface area contributed by atoms with Crippen LogP contribution in [0.25, 0.3) is 11.6 Å². The number of rotatable bonds is 7. The average Bonchev–Trinajstić information content (AvgIpc) is 3.22. The number of hydrogen-bond donors (Lipinski definition) is 2. The zero-order valence-electron chi connectivity index (χ0n) is 20.2. The van der Waals surface area contributed by atoms with Crippen molar-refractivity contribution in [1.82, 2.24) is 9.78 Å². The Bertz CT molecular complexity index is 1240. The minimum atomic E-state index is -0.373. The Morgan fingerprint density at radius 1 is 1.08 bits per heavy atom. The first-order valence-corrected chi connectivity index (χ1v) is 12.3. The highest BCUT2D eigenvalue weighted by atomic mass is 16.6. The van der Waals surface area contributed by atoms with Gasteiger partial charge in [-0.3, -0.25) is 10.1 Å². The molecule has 0 atom stereocenters. The molecular formula is C25H30N8O3. The number of benzene rings is 1. The van der Waals surface area contributed by atoms with Gasteiger partial charge in [0.25, 0.3) is 5.69 Å². The lowest BCUT2D eigenvalue weighted by Gasteiger charge is -2.33. The van der Waals surface area contributed by atoms with Crippen LogP contribution in [0, 0.1) is 32.8 Å². The van der Waals surface area contributed by atoms with E-state index in [0.717, 1.165) is 70.4 Å². The summed E-state index contributed by atoms with van der Waals surface area (Å²) >= 11 is 0. The number of piperidine rings is 2. The summed E-state index contributed by atoms with van der Waals surface area (Å²) in [6.45, 7) is 3.03. The Morgan fingerprint density at radius 3 is 2.22 bits per heavy atom. The number of aliphatic hydroxyl groups is 1. The van der Waals surface area contributed by atoms with Gasteiger partial charge in [0, 0.05) is 43.5 Å². The van der Waals surface area contributed by atoms with Gasteiger partial charge in [-0.05, 0) is 50.7 Å². The smallest absolute Gasteiger partial charge is 0.293 e. The maximum Gasteiger partial charge on any atom is 0.293 e. The van der Waals surface area contributed by atoms with E-state index < -0.39 is 0 Å². The third kappa shape index (κ3) is 4.97. The molecule has 2 aromatic rings. The third-order valence-corrected chi connectivity index (χ3v) is 6.80. The highest BCUT2D eigenvalue weighted by molar-refractivity contribution is 5.95. The number of aliphatic hydroxyl groups excluding tert-OH is 1. The van der Waals surface area contributed by atoms with Gasteiger partial charge < -0.3 is 20.6 Å². The summed E-state index contributed by atoms with van der Waals surface area (Å²) in [5.41, 5.74) is 8.19. The minimum absolute atomic E-state index is 0.00738. The highest BCUT2D eigenvalue weighted by Crippen LogP contribution is 2.39. The number of nitrogens with two attached hydrogens (primary N) is 1. The Morgan fingerprint density at radius 2 is 1.69 bits per heavy atom. The molecule has 0 radical (unpaired) electrons. The fraction of sp³-hybridized carbons (Fsp3) is 0.480. The molecule has 0 unspecified atom stereocenters. The van der Waals surface area contributed by atoms with Gasteiger partial charge in [0.2, 0.25) is 0 Å². The fourth-order valence-electron chi connectivity index (χ4n) is 4.99. The van der Waals surface area contributed by atoms with Gasteiger partial charge in [0.15, 0.2) is 0 Å². The molecule has 0 saturated carbocycles. The molecular weight excluding hydrogens is 460 g/mol. The summed E-state index contributed by atoms with van der Waals surface area (Å²) in [5.74, 6) is 0.0605. The Hall–Kier alpha value is -4.09. The number of nitro benzene ring substituents is 1. The number of aromatic nitrogens is 2. The molecule has 3 heterocycles. The van der Waals surface area contributed by atoms with Crippen molar-refractivity contribution in [2.24, 2.45) is 0 Å². The molecule has 2 fully saturated rings. The lowest BCUT2D eigenvalue weighted by atomic mass is 10.00. The minimum Gasteiger partial charge on any atom is -0.394 e. The van der Waals surface area contributed by atoms with Crippen LogP contribution in [0.1, 0.15) is 55.3 Å². The van der Waals surface area contributed by atoms with Crippen LogP contribution in [0.4, 0.5) is 22.9 Å². The summed E-state index contributed by atoms with van der Waals surface area (Å²) in [5, 5.41) is 45.4. The van der Waals surface area contributed by atoms with Crippen molar-refractivity contribution in [3.05, 3.63) is 39.1 Å². The van der Waals surface area contributed by atoms with Gasteiger partial charge in [-0.15, -0.1) is 0 Å². The molecule has 4 rings (SSSR count). The fourth-order valence-corrected chi connectivity index (χ4v) is 4.99. The third-order valence-electron chi connectivity index (χ3n) is 6.80. The van der Waals surface area contributed by atoms with Crippen LogP contribution >= 0.6 is 0 Å². The molecule has 0 aliphatic carbocycles. The van der Waals surface area contributed by atoms with Gasteiger partial charge in [-0.2, -0.15) is 15.6 Å². The monoisotopic (exact) mass is 490 g/mol. The molecule has 2 aliphatic rings. The second-order valence-corrected chi connectivity index (χ2v) is 9.09. The van der Waals surface area contributed by atoms with Crippen molar-refractivity contribution in [2.45, 2.75) is 45.1 Å². The second kappa shape index (κ2) is 11.1. The molecule has 11 heteroatoms. The van der Waals surface area contributed by atoms with Crippen LogP contribution in [-0.4, -0.2) is 52.6 Å². The van der Waals surface area contributed by atoms with Crippen molar-refractivity contribution < 1.29 is 10.0 Å². The van der Waals surface area contributed by atoms with Gasteiger partial charge in [-0.25, -0.2) is 4.68 Å². The first-order chi connectivity index (χ1) is 17.5. The van der Waals surface area contributed by atoms with E-state index in [2.05, 4.69) is 21.0 Å². The lowest BCUT2D eigenvalue weighted by molar-refractivity contribution is -0.384. The number of nitro groups is 1. The van der Waals surface area contributed by atoms with Crippen LogP contribution in [0.2, 0.25) is 0 Å². The molecule has 1 aromatic carbocycles. The van der Waals surface area contributed by atoms with Crippen LogP contribution in [-0.2, 0) is 6.54 Å². The maximum atomic E-state index is 12.1. The Labute approximate surface area is 209 Å². The first-order valence-electron chi connectivity index (χ1n) is 12.3. The van der Waals surface area contributed by atoms with Crippen molar-refractivity contribution >= 4 is 34.5 Å². The van der Waals surface area contributed by atoms with Crippen molar-refractivity contribution in [1.29, 1.82) is 10.5 Å². The SMILES string of the molecule is N#C/C(=C/c1cc([N+](=O)[O-])c(N2CCCCC2)cc1N1CCCCC1)c1nn(CCO)c(N)c1C#N. The highest BCUT2D eigenvalue weighted by Gasteiger charge is 2.27. The van der Waals surface area contributed by atoms with Crippen molar-refractivity contribution in [3.63, 3.8) is 0 Å². The van der Waals surface area contributed by atoms with Crippen LogP contribution in [0.15, 0.2) is 12.1 Å². The number of nitrogens with zero attached hydrogens (tertiary/aromatic N) is 7. The van der Waals surface area contributed by atoms with Crippen molar-refractivity contribution in [2.75, 3.05) is 48.3 Å². The summed E-state index contributed by atoms with van der Waals surface area (Å²) < 4.78 is 1.28. The summed E-state index contributed by atoms with van der Waals surface area (Å²) in [4.78, 5) is 16.1. The van der Waals surface area contributed by atoms with Crippen LogP contribution in [0.5, 0.6) is 0 Å². The van der Waals surface area contributed by atoms with E-state index in [1.807, 2.05) is 12.1 Å². The number of hydrogen-bond acceptors (Lipinski definition) is 9. The second-order valence-electron chi connectivity index (χ2n) is 9.09. The molecule has 0 amide bonds. The quantitative estimate of drug-likeness (QED) is 0.337. The average molecular weight is 491 g/mol. The standard InChI is InChI=1S/C25H30N8O3/c26-16-19(24-20(17-27)25(28)32(29-24)11-12-34)13-18-14-23(33(35)36)22(31-9-5-2-6-10-31)15-21(18)30-7-3-1-4-8-30/h13-15,34H,1-12,28H2/b19-13-. The summed E-state index contributed by atoms with van der Waals surface area (Å²) in [6, 6.07) is 7.52. The number of nitrogen functional groups attached to an aromatic ring is 1. The van der Waals surface area contributed by atoms with E-state index in [4.69, 9.17) is 5.73 Å². The van der Waals surface area contributed by atoms with E-state index in [9.17, 15) is 25.7 Å². The molecule has 188 valence electrons. The normalized spacial score (nSPS) is 16.5. The number of anilines is 3. The lowest BCUT2D eigenvalue weighted by Crippen LogP contribution is -2.32. The molecule has 0 bridgehead atoms. The molecule has 11 nitrogen and oxygen atoms in total. The van der Waals surface area contributed by atoms with Crippen molar-refractivity contribution in [3.8, 4) is 12.1 Å². The van der Waals surface area contributed by atoms with Crippen LogP contribution in [0.3, 0.4) is 0 Å². The predicted octanol–water partition coefficient (Wildman–Crippen LogP) is 3.28. The molecule has 2 saturated heterocycles. The zero-order chi connectivity index (χ0) is 25.7. The molecule has 0 spiro atoms. The Balaban J connectivity index is 1.89. The Kier molecular flexibility index (Phi) is 7.71. The maximum absolute atomic E-state index is 12.1. The van der Waals surface area contributed by atoms with E-state index >= 15 is 0 Å². The summed E-state index contributed by atoms with van der Waals surface area (Å²) in [7, 11) is 0. The molecule has 2 aliphatic heterocycles. The van der Waals surface area contributed by atoms with Gasteiger partial charge in [0.05, 0.1) is 23.6 Å².